The molecule has 0 aliphatic rings. The molecule has 1 heterocycles. The number of nitrogens with one attached hydrogen (secondary N) is 1. The zero-order valence-corrected chi connectivity index (χ0v) is 18.1. The summed E-state index contributed by atoms with van der Waals surface area (Å²) >= 11 is 0. The van der Waals surface area contributed by atoms with E-state index in [4.69, 9.17) is 14.2 Å². The number of rotatable bonds is 8. The molecule has 3 rings (SSSR count). The Bertz CT molecular complexity index is 1020. The number of nitrogens with zero attached hydrogens (tertiary/aromatic N) is 1. The zero-order valence-electron chi connectivity index (χ0n) is 18.1. The Kier molecular flexibility index (Phi) is 6.67. The summed E-state index contributed by atoms with van der Waals surface area (Å²) < 4.78 is 17.9. The van der Waals surface area contributed by atoms with Crippen molar-refractivity contribution in [2.75, 3.05) is 27.9 Å². The van der Waals surface area contributed by atoms with Gasteiger partial charge < -0.3 is 24.1 Å². The second-order valence-electron chi connectivity index (χ2n) is 7.01. The average molecular weight is 408 g/mol. The van der Waals surface area contributed by atoms with Crippen molar-refractivity contribution in [1.29, 1.82) is 0 Å². The molecule has 0 bridgehead atoms. The molecule has 1 aromatic heterocycles. The lowest BCUT2D eigenvalue weighted by atomic mass is 10.1. The van der Waals surface area contributed by atoms with Crippen molar-refractivity contribution in [2.45, 2.75) is 20.3 Å². The summed E-state index contributed by atoms with van der Waals surface area (Å²) in [4.78, 5) is 12.8. The van der Waals surface area contributed by atoms with Gasteiger partial charge in [-0.25, -0.2) is 0 Å². The smallest absolute Gasteiger partial charge is 0.253 e. The topological polar surface area (TPSA) is 61.7 Å². The molecule has 0 unspecified atom stereocenters. The van der Waals surface area contributed by atoms with Crippen LogP contribution in [0.4, 0.5) is 0 Å². The number of hydrogen-bond acceptors (Lipinski definition) is 4. The number of ether oxygens (including phenoxy) is 3. The Morgan fingerprint density at radius 2 is 1.60 bits per heavy atom. The maximum Gasteiger partial charge on any atom is 0.253 e. The van der Waals surface area contributed by atoms with Crippen LogP contribution in [0.5, 0.6) is 17.2 Å². The van der Waals surface area contributed by atoms with E-state index in [1.54, 1.807) is 21.3 Å². The predicted octanol–water partition coefficient (Wildman–Crippen LogP) is 4.09. The predicted molar refractivity (Wildman–Crippen MR) is 117 cm³/mol. The van der Waals surface area contributed by atoms with Gasteiger partial charge in [0, 0.05) is 23.6 Å². The minimum absolute atomic E-state index is 0.0802. The zero-order chi connectivity index (χ0) is 21.7. The molecule has 1 amide bonds. The molecule has 0 aliphatic heterocycles. The van der Waals surface area contributed by atoms with Crippen LogP contribution < -0.4 is 19.5 Å². The van der Waals surface area contributed by atoms with Crippen LogP contribution in [0.1, 0.15) is 27.3 Å². The van der Waals surface area contributed by atoms with Gasteiger partial charge >= 0.3 is 0 Å². The van der Waals surface area contributed by atoms with Gasteiger partial charge in [0.15, 0.2) is 11.5 Å². The molecule has 6 nitrogen and oxygen atoms in total. The number of hydrogen-bond donors (Lipinski definition) is 1. The van der Waals surface area contributed by atoms with Crippen molar-refractivity contribution in [3.8, 4) is 22.9 Å². The summed E-state index contributed by atoms with van der Waals surface area (Å²) in [6.07, 6.45) is 0.698. The number of amides is 1. The molecule has 158 valence electrons. The van der Waals surface area contributed by atoms with E-state index in [9.17, 15) is 4.79 Å². The van der Waals surface area contributed by atoms with E-state index < -0.39 is 0 Å². The van der Waals surface area contributed by atoms with Gasteiger partial charge in [0.05, 0.1) is 26.9 Å². The molecule has 0 aliphatic carbocycles. The first-order valence-corrected chi connectivity index (χ1v) is 9.81. The highest BCUT2D eigenvalue weighted by molar-refractivity contribution is 5.95. The second kappa shape index (κ2) is 9.39. The molecule has 6 heteroatoms. The summed E-state index contributed by atoms with van der Waals surface area (Å²) in [5.41, 5.74) is 4.64. The fourth-order valence-corrected chi connectivity index (χ4v) is 3.57. The maximum atomic E-state index is 12.8. The quantitative estimate of drug-likeness (QED) is 0.610. The molecule has 0 atom stereocenters. The van der Waals surface area contributed by atoms with Gasteiger partial charge in [-0.15, -0.1) is 0 Å². The number of aromatic nitrogens is 1. The minimum atomic E-state index is -0.0802. The van der Waals surface area contributed by atoms with Crippen LogP contribution in [-0.2, 0) is 6.42 Å². The fourth-order valence-electron chi connectivity index (χ4n) is 3.57. The van der Waals surface area contributed by atoms with Gasteiger partial charge in [0.1, 0.15) is 5.75 Å². The first-order chi connectivity index (χ1) is 14.5. The highest BCUT2D eigenvalue weighted by atomic mass is 16.5. The summed E-state index contributed by atoms with van der Waals surface area (Å²) in [7, 11) is 4.87. The molecule has 0 radical (unpaired) electrons. The van der Waals surface area contributed by atoms with E-state index in [0.717, 1.165) is 28.4 Å². The Labute approximate surface area is 177 Å². The average Bonchev–Trinajstić information content (AvgIpc) is 3.07. The van der Waals surface area contributed by atoms with E-state index in [1.165, 1.54) is 0 Å². The van der Waals surface area contributed by atoms with Crippen LogP contribution >= 0.6 is 0 Å². The van der Waals surface area contributed by atoms with Crippen molar-refractivity contribution in [2.24, 2.45) is 0 Å². The lowest BCUT2D eigenvalue weighted by Gasteiger charge is -2.11. The van der Waals surface area contributed by atoms with E-state index in [1.807, 2.05) is 62.4 Å². The van der Waals surface area contributed by atoms with Crippen LogP contribution in [0.25, 0.3) is 5.69 Å². The monoisotopic (exact) mass is 408 g/mol. The molecule has 0 fully saturated rings. The van der Waals surface area contributed by atoms with Crippen molar-refractivity contribution in [3.05, 3.63) is 71.0 Å². The number of benzene rings is 2. The van der Waals surface area contributed by atoms with Gasteiger partial charge in [0.2, 0.25) is 0 Å². The summed E-state index contributed by atoms with van der Waals surface area (Å²) in [5.74, 6) is 2.10. The first-order valence-electron chi connectivity index (χ1n) is 9.81. The molecule has 2 aromatic carbocycles. The molecule has 3 aromatic rings. The molecule has 0 saturated heterocycles. The van der Waals surface area contributed by atoms with E-state index >= 15 is 0 Å². The Morgan fingerprint density at radius 1 is 0.900 bits per heavy atom. The molecule has 0 spiro atoms. The van der Waals surface area contributed by atoms with E-state index in [0.29, 0.717) is 30.0 Å². The third-order valence-corrected chi connectivity index (χ3v) is 5.15. The number of aryl methyl sites for hydroxylation is 1. The van der Waals surface area contributed by atoms with Crippen LogP contribution in [0.2, 0.25) is 0 Å². The Morgan fingerprint density at radius 3 is 2.23 bits per heavy atom. The third-order valence-electron chi connectivity index (χ3n) is 5.15. The number of carbonyl (C=O) groups excluding carboxylic acids is 1. The minimum Gasteiger partial charge on any atom is -0.497 e. The highest BCUT2D eigenvalue weighted by Gasteiger charge is 2.16. The van der Waals surface area contributed by atoms with Crippen LogP contribution in [0.3, 0.4) is 0 Å². The van der Waals surface area contributed by atoms with Gasteiger partial charge in [-0.2, -0.15) is 0 Å². The summed E-state index contributed by atoms with van der Waals surface area (Å²) in [5, 5.41) is 3.02. The van der Waals surface area contributed by atoms with Crippen molar-refractivity contribution >= 4 is 5.91 Å². The van der Waals surface area contributed by atoms with Gasteiger partial charge in [-0.05, 0) is 68.3 Å². The van der Waals surface area contributed by atoms with Crippen molar-refractivity contribution in [3.63, 3.8) is 0 Å². The third kappa shape index (κ3) is 4.43. The molecule has 30 heavy (non-hydrogen) atoms. The lowest BCUT2D eigenvalue weighted by molar-refractivity contribution is 0.0953. The van der Waals surface area contributed by atoms with Crippen LogP contribution in [0.15, 0.2) is 48.5 Å². The van der Waals surface area contributed by atoms with E-state index in [-0.39, 0.29) is 5.91 Å². The fraction of sp³-hybridized carbons (Fsp3) is 0.292. The Balaban J connectivity index is 1.69. The van der Waals surface area contributed by atoms with Crippen LogP contribution in [-0.4, -0.2) is 38.3 Å². The Hall–Kier alpha value is -3.41. The van der Waals surface area contributed by atoms with Gasteiger partial charge in [-0.1, -0.05) is 6.07 Å². The molecular weight excluding hydrogens is 380 g/mol. The first kappa shape index (κ1) is 21.3. The lowest BCUT2D eigenvalue weighted by Crippen LogP contribution is -2.26. The second-order valence-corrected chi connectivity index (χ2v) is 7.01. The molecular formula is C24H28N2O4. The summed E-state index contributed by atoms with van der Waals surface area (Å²) in [6.45, 7) is 4.48. The normalized spacial score (nSPS) is 10.6. The SMILES string of the molecule is COc1ccc(-n2c(C)cc(C(=O)NCCc3ccc(OC)c(OC)c3)c2C)cc1. The molecule has 1 N–H and O–H groups in total. The van der Waals surface area contributed by atoms with Crippen molar-refractivity contribution < 1.29 is 19.0 Å². The van der Waals surface area contributed by atoms with Gasteiger partial charge in [0.25, 0.3) is 5.91 Å². The van der Waals surface area contributed by atoms with E-state index in [2.05, 4.69) is 9.88 Å². The number of methoxy groups -OCH3 is 3. The standard InChI is InChI=1S/C24H28N2O4/c1-16-14-21(17(2)26(16)19-7-9-20(28-3)10-8-19)24(27)25-13-12-18-6-11-22(29-4)23(15-18)30-5/h6-11,14-15H,12-13H2,1-5H3,(H,25,27). The van der Waals surface area contributed by atoms with Crippen molar-refractivity contribution in [1.82, 2.24) is 9.88 Å². The highest BCUT2D eigenvalue weighted by Crippen LogP contribution is 2.27. The molecule has 0 saturated carbocycles. The van der Waals surface area contributed by atoms with Gasteiger partial charge in [-0.3, -0.25) is 4.79 Å². The summed E-state index contributed by atoms with van der Waals surface area (Å²) in [6, 6.07) is 15.5. The number of carbonyl (C=O) groups is 1. The van der Waals surface area contributed by atoms with Crippen LogP contribution in [0, 0.1) is 13.8 Å². The maximum absolute atomic E-state index is 12.8. The largest absolute Gasteiger partial charge is 0.497 e.